The Bertz CT molecular complexity index is 1060. The van der Waals surface area contributed by atoms with Crippen LogP contribution in [0.4, 0.5) is 24.5 Å². The predicted molar refractivity (Wildman–Crippen MR) is 103 cm³/mol. The average molecular weight is 402 g/mol. The van der Waals surface area contributed by atoms with Gasteiger partial charge in [0.2, 0.25) is 5.91 Å². The molecule has 1 heterocycles. The lowest BCUT2D eigenvalue weighted by Gasteiger charge is -2.14. The molecule has 1 amide bonds. The molecule has 3 rings (SSSR count). The summed E-state index contributed by atoms with van der Waals surface area (Å²) in [6, 6.07) is 10.4. The first-order valence-electron chi connectivity index (χ1n) is 8.37. The number of carbonyl (C=O) groups is 1. The second kappa shape index (κ2) is 7.70. The Kier molecular flexibility index (Phi) is 5.31. The first-order valence-corrected chi connectivity index (χ1v) is 8.37. The quantitative estimate of drug-likeness (QED) is 0.605. The van der Waals surface area contributed by atoms with Gasteiger partial charge in [0.05, 0.1) is 12.0 Å². The molecule has 0 atom stereocenters. The first kappa shape index (κ1) is 20.0. The number of alkyl halides is 3. The number of halogens is 3. The van der Waals surface area contributed by atoms with E-state index in [-0.39, 0.29) is 11.3 Å². The zero-order chi connectivity index (χ0) is 21.2. The van der Waals surface area contributed by atoms with Crippen LogP contribution in [-0.4, -0.2) is 21.8 Å². The van der Waals surface area contributed by atoms with Crippen molar-refractivity contribution in [2.24, 2.45) is 12.8 Å². The minimum absolute atomic E-state index is 0.155. The molecule has 2 aromatic carbocycles. The van der Waals surface area contributed by atoms with Gasteiger partial charge in [-0.05, 0) is 42.0 Å². The molecule has 1 aromatic heterocycles. The van der Waals surface area contributed by atoms with E-state index in [1.807, 2.05) is 7.05 Å². The summed E-state index contributed by atoms with van der Waals surface area (Å²) in [5.41, 5.74) is 8.48. The SMILES string of the molecule is C=C(C(N)=O)c1ccc(Nc2ccc(OC(F)(F)F)cc2)c(-c2cn(C)cn2)c1. The number of rotatable bonds is 6. The Balaban J connectivity index is 1.94. The van der Waals surface area contributed by atoms with Crippen LogP contribution in [0, 0.1) is 0 Å². The molecule has 150 valence electrons. The summed E-state index contributed by atoms with van der Waals surface area (Å²) in [5, 5.41) is 3.13. The molecule has 3 aromatic rings. The van der Waals surface area contributed by atoms with Crippen molar-refractivity contribution < 1.29 is 22.7 Å². The van der Waals surface area contributed by atoms with E-state index in [9.17, 15) is 18.0 Å². The van der Waals surface area contributed by atoms with Crippen molar-refractivity contribution in [3.63, 3.8) is 0 Å². The van der Waals surface area contributed by atoms with Crippen LogP contribution in [0.5, 0.6) is 5.75 Å². The van der Waals surface area contributed by atoms with Gasteiger partial charge in [0.15, 0.2) is 0 Å². The van der Waals surface area contributed by atoms with Gasteiger partial charge in [0.1, 0.15) is 5.75 Å². The third kappa shape index (κ3) is 4.95. The van der Waals surface area contributed by atoms with Crippen molar-refractivity contribution in [3.8, 4) is 17.0 Å². The van der Waals surface area contributed by atoms with Gasteiger partial charge in [0.25, 0.3) is 0 Å². The van der Waals surface area contributed by atoms with Crippen molar-refractivity contribution in [1.29, 1.82) is 0 Å². The molecule has 29 heavy (non-hydrogen) atoms. The van der Waals surface area contributed by atoms with Crippen molar-refractivity contribution in [1.82, 2.24) is 9.55 Å². The molecular weight excluding hydrogens is 385 g/mol. The van der Waals surface area contributed by atoms with Gasteiger partial charge < -0.3 is 20.4 Å². The van der Waals surface area contributed by atoms with E-state index in [0.717, 1.165) is 0 Å². The lowest BCUT2D eigenvalue weighted by Crippen LogP contribution is -2.16. The fourth-order valence-corrected chi connectivity index (χ4v) is 2.64. The number of benzene rings is 2. The van der Waals surface area contributed by atoms with E-state index in [1.54, 1.807) is 35.3 Å². The summed E-state index contributed by atoms with van der Waals surface area (Å²) < 4.78 is 42.5. The van der Waals surface area contributed by atoms with Crippen LogP contribution in [0.2, 0.25) is 0 Å². The maximum absolute atomic E-state index is 12.3. The van der Waals surface area contributed by atoms with Crippen LogP contribution in [-0.2, 0) is 11.8 Å². The number of nitrogens with zero attached hydrogens (tertiary/aromatic N) is 2. The van der Waals surface area contributed by atoms with Gasteiger partial charge in [0, 0.05) is 35.8 Å². The fourth-order valence-electron chi connectivity index (χ4n) is 2.64. The van der Waals surface area contributed by atoms with Gasteiger partial charge in [-0.3, -0.25) is 4.79 Å². The van der Waals surface area contributed by atoms with Crippen LogP contribution in [0.1, 0.15) is 5.56 Å². The number of carbonyl (C=O) groups excluding carboxylic acids is 1. The number of hydrogen-bond donors (Lipinski definition) is 2. The van der Waals surface area contributed by atoms with E-state index in [2.05, 4.69) is 21.6 Å². The standard InChI is InChI=1S/C20H17F3N4O2/c1-12(19(24)28)13-3-8-17(16(9-13)18-10-27(2)11-25-18)26-14-4-6-15(7-5-14)29-20(21,22)23/h3-11,26H,1H2,2H3,(H2,24,28). The molecule has 0 aliphatic heterocycles. The molecule has 0 spiro atoms. The smallest absolute Gasteiger partial charge is 0.406 e. The number of nitrogens with two attached hydrogens (primary N) is 1. The minimum atomic E-state index is -4.75. The van der Waals surface area contributed by atoms with E-state index in [4.69, 9.17) is 5.73 Å². The van der Waals surface area contributed by atoms with E-state index < -0.39 is 12.3 Å². The number of aryl methyl sites for hydroxylation is 1. The van der Waals surface area contributed by atoms with Crippen LogP contribution < -0.4 is 15.8 Å². The summed E-state index contributed by atoms with van der Waals surface area (Å²) in [6.07, 6.45) is -1.34. The topological polar surface area (TPSA) is 82.2 Å². The number of nitrogens with one attached hydrogen (secondary N) is 1. The van der Waals surface area contributed by atoms with Gasteiger partial charge in [-0.15, -0.1) is 13.2 Å². The highest BCUT2D eigenvalue weighted by molar-refractivity contribution is 6.18. The first-order chi connectivity index (χ1) is 13.6. The van der Waals surface area contributed by atoms with Crippen molar-refractivity contribution in [2.45, 2.75) is 6.36 Å². The van der Waals surface area contributed by atoms with Crippen molar-refractivity contribution >= 4 is 22.9 Å². The molecular formula is C20H17F3N4O2. The average Bonchev–Trinajstić information content (AvgIpc) is 3.08. The fraction of sp³-hybridized carbons (Fsp3) is 0.100. The van der Waals surface area contributed by atoms with Gasteiger partial charge in [-0.1, -0.05) is 12.6 Å². The Labute approximate surface area is 164 Å². The second-order valence-electron chi connectivity index (χ2n) is 6.22. The summed E-state index contributed by atoms with van der Waals surface area (Å²) in [6.45, 7) is 3.69. The molecule has 9 heteroatoms. The third-order valence-corrected chi connectivity index (χ3v) is 4.01. The van der Waals surface area contributed by atoms with Crippen LogP contribution >= 0.6 is 0 Å². The molecule has 0 bridgehead atoms. The van der Waals surface area contributed by atoms with Crippen LogP contribution in [0.3, 0.4) is 0 Å². The molecule has 0 saturated heterocycles. The van der Waals surface area contributed by atoms with Gasteiger partial charge in [-0.25, -0.2) is 4.98 Å². The Morgan fingerprint density at radius 2 is 1.90 bits per heavy atom. The normalized spacial score (nSPS) is 11.2. The van der Waals surface area contributed by atoms with Gasteiger partial charge in [-0.2, -0.15) is 0 Å². The summed E-state index contributed by atoms with van der Waals surface area (Å²) in [7, 11) is 1.81. The number of ether oxygens (including phenoxy) is 1. The van der Waals surface area contributed by atoms with E-state index >= 15 is 0 Å². The van der Waals surface area contributed by atoms with Crippen LogP contribution in [0.15, 0.2) is 61.6 Å². The highest BCUT2D eigenvalue weighted by atomic mass is 19.4. The molecule has 0 radical (unpaired) electrons. The summed E-state index contributed by atoms with van der Waals surface area (Å²) >= 11 is 0. The zero-order valence-corrected chi connectivity index (χ0v) is 15.3. The Hall–Kier alpha value is -3.75. The lowest BCUT2D eigenvalue weighted by atomic mass is 10.0. The van der Waals surface area contributed by atoms with E-state index in [1.165, 1.54) is 24.3 Å². The van der Waals surface area contributed by atoms with E-state index in [0.29, 0.717) is 28.2 Å². The largest absolute Gasteiger partial charge is 0.573 e. The molecule has 0 aliphatic rings. The molecule has 0 aliphatic carbocycles. The third-order valence-electron chi connectivity index (χ3n) is 4.01. The van der Waals surface area contributed by atoms with Crippen LogP contribution in [0.25, 0.3) is 16.8 Å². The number of amides is 1. The predicted octanol–water partition coefficient (Wildman–Crippen LogP) is 4.23. The maximum atomic E-state index is 12.3. The Morgan fingerprint density at radius 1 is 1.21 bits per heavy atom. The number of primary amides is 1. The highest BCUT2D eigenvalue weighted by Gasteiger charge is 2.30. The summed E-state index contributed by atoms with van der Waals surface area (Å²) in [4.78, 5) is 15.8. The number of aromatic nitrogens is 2. The van der Waals surface area contributed by atoms with Crippen molar-refractivity contribution in [2.75, 3.05) is 5.32 Å². The number of anilines is 2. The highest BCUT2D eigenvalue weighted by Crippen LogP contribution is 2.33. The maximum Gasteiger partial charge on any atom is 0.573 e. The van der Waals surface area contributed by atoms with Gasteiger partial charge >= 0.3 is 6.36 Å². The lowest BCUT2D eigenvalue weighted by molar-refractivity contribution is -0.274. The van der Waals surface area contributed by atoms with Crippen molar-refractivity contribution in [3.05, 3.63) is 67.1 Å². The number of hydrogen-bond acceptors (Lipinski definition) is 4. The molecule has 6 nitrogen and oxygen atoms in total. The monoisotopic (exact) mass is 402 g/mol. The number of imidazole rings is 1. The zero-order valence-electron chi connectivity index (χ0n) is 15.3. The Morgan fingerprint density at radius 3 is 2.45 bits per heavy atom. The molecule has 0 saturated carbocycles. The second-order valence-corrected chi connectivity index (χ2v) is 6.22. The molecule has 0 unspecified atom stereocenters. The minimum Gasteiger partial charge on any atom is -0.406 e. The summed E-state index contributed by atoms with van der Waals surface area (Å²) in [5.74, 6) is -0.959. The molecule has 0 fully saturated rings. The molecule has 3 N–H and O–H groups in total.